The van der Waals surface area contributed by atoms with Crippen molar-refractivity contribution in [1.82, 2.24) is 16.0 Å². The number of alkyl halides is 4. The number of nitrogens with one attached hydrogen (secondary N) is 3. The van der Waals surface area contributed by atoms with E-state index in [0.717, 1.165) is 36.4 Å². The zero-order valence-corrected chi connectivity index (χ0v) is 24.4. The van der Waals surface area contributed by atoms with E-state index >= 15 is 0 Å². The molecule has 3 atom stereocenters. The van der Waals surface area contributed by atoms with Gasteiger partial charge in [-0.15, -0.1) is 0 Å². The molecule has 0 unspecified atom stereocenters. The first kappa shape index (κ1) is 35.3. The number of hydrogen-bond donors (Lipinski definition) is 8. The fraction of sp³-hybridized carbons (Fsp3) is 0.400. The summed E-state index contributed by atoms with van der Waals surface area (Å²) in [7, 11) is -11.7. The molecule has 1 heterocycles. The maximum Gasteiger partial charge on any atom is 0.399 e. The van der Waals surface area contributed by atoms with Crippen LogP contribution in [0.15, 0.2) is 48.5 Å². The van der Waals surface area contributed by atoms with Gasteiger partial charge in [0.05, 0.1) is 6.04 Å². The van der Waals surface area contributed by atoms with Crippen LogP contribution >= 0.6 is 15.2 Å². The quantitative estimate of drug-likeness (QED) is 0.113. The molecule has 0 aliphatic carbocycles. The average molecular weight is 669 g/mol. The molecule has 0 bridgehead atoms. The highest BCUT2D eigenvalue weighted by Gasteiger charge is 2.51. The highest BCUT2D eigenvalue weighted by molar-refractivity contribution is 7.52. The third-order valence-electron chi connectivity index (χ3n) is 6.84. The fourth-order valence-corrected chi connectivity index (χ4v) is 5.32. The lowest BCUT2D eigenvalue weighted by Crippen LogP contribution is -2.55. The van der Waals surface area contributed by atoms with Crippen molar-refractivity contribution in [3.8, 4) is 0 Å². The predicted molar refractivity (Wildman–Crippen MR) is 145 cm³/mol. The van der Waals surface area contributed by atoms with Crippen molar-refractivity contribution in [2.24, 2.45) is 0 Å². The van der Waals surface area contributed by atoms with Crippen molar-refractivity contribution >= 4 is 33.0 Å². The second kappa shape index (κ2) is 13.4. The van der Waals surface area contributed by atoms with E-state index in [1.54, 1.807) is 0 Å². The Hall–Kier alpha value is -3.17. The molecule has 8 N–H and O–H groups in total. The summed E-state index contributed by atoms with van der Waals surface area (Å²) < 4.78 is 78.3. The highest BCUT2D eigenvalue weighted by atomic mass is 31.2. The minimum Gasteiger partial charge on any atom is -0.480 e. The summed E-state index contributed by atoms with van der Waals surface area (Å²) in [5.41, 5.74) is -10.7. The Morgan fingerprint density at radius 2 is 1.23 bits per heavy atom. The summed E-state index contributed by atoms with van der Waals surface area (Å²) in [6.45, 7) is 0.532. The van der Waals surface area contributed by atoms with E-state index < -0.39 is 80.0 Å². The van der Waals surface area contributed by atoms with Crippen LogP contribution in [0.1, 0.15) is 35.1 Å². The Balaban J connectivity index is 1.81. The molecule has 13 nitrogen and oxygen atoms in total. The number of aliphatic carboxylic acids is 1. The molecule has 1 aliphatic rings. The molecule has 2 aromatic carbocycles. The monoisotopic (exact) mass is 669 g/mol. The molecule has 0 spiro atoms. The molecule has 0 radical (unpaired) electrons. The van der Waals surface area contributed by atoms with Crippen LogP contribution in [0.3, 0.4) is 0 Å². The smallest absolute Gasteiger partial charge is 0.399 e. The lowest BCUT2D eigenvalue weighted by Gasteiger charge is -2.24. The van der Waals surface area contributed by atoms with E-state index in [1.165, 1.54) is 0 Å². The molecule has 2 amide bonds. The summed E-state index contributed by atoms with van der Waals surface area (Å²) in [5, 5.41) is 17.3. The fourth-order valence-electron chi connectivity index (χ4n) is 4.35. The van der Waals surface area contributed by atoms with Crippen molar-refractivity contribution in [1.29, 1.82) is 0 Å². The van der Waals surface area contributed by atoms with Gasteiger partial charge in [-0.3, -0.25) is 18.7 Å². The number of halogens is 4. The molecule has 1 saturated heterocycles. The van der Waals surface area contributed by atoms with Gasteiger partial charge in [0.1, 0.15) is 12.1 Å². The summed E-state index contributed by atoms with van der Waals surface area (Å²) in [4.78, 5) is 73.6. The Labute approximate surface area is 247 Å². The number of carboxylic acids is 1. The topological polar surface area (TPSA) is 223 Å². The van der Waals surface area contributed by atoms with Gasteiger partial charge < -0.3 is 40.6 Å². The minimum atomic E-state index is -5.84. The second-order valence-electron chi connectivity index (χ2n) is 10.1. The van der Waals surface area contributed by atoms with Gasteiger partial charge in [-0.2, -0.15) is 17.6 Å². The van der Waals surface area contributed by atoms with Crippen molar-refractivity contribution < 1.29 is 65.8 Å². The van der Waals surface area contributed by atoms with Crippen LogP contribution in [-0.4, -0.2) is 67.1 Å². The predicted octanol–water partition coefficient (Wildman–Crippen LogP) is 1.73. The second-order valence-corrected chi connectivity index (χ2v) is 13.4. The summed E-state index contributed by atoms with van der Waals surface area (Å²) in [5.74, 6) is -3.15. The first-order valence-corrected chi connectivity index (χ1v) is 16.1. The molecular formula is C25H29F4N3O10P2. The molecule has 0 saturated carbocycles. The lowest BCUT2D eigenvalue weighted by atomic mass is 10.0. The van der Waals surface area contributed by atoms with E-state index in [-0.39, 0.29) is 17.5 Å². The van der Waals surface area contributed by atoms with Gasteiger partial charge in [-0.25, -0.2) is 4.79 Å². The summed E-state index contributed by atoms with van der Waals surface area (Å²) >= 11 is 0. The normalized spacial score (nSPS) is 17.5. The maximum absolute atomic E-state index is 14.0. The maximum atomic E-state index is 14.0. The van der Waals surface area contributed by atoms with Crippen molar-refractivity contribution in [3.63, 3.8) is 0 Å². The molecular weight excluding hydrogens is 640 g/mol. The third-order valence-corrected chi connectivity index (χ3v) is 8.82. The number of carbonyl (C=O) groups is 3. The zero-order valence-electron chi connectivity index (χ0n) is 22.6. The standard InChI is InChI=1S/C25H29F4N3O10P2/c26-24(27,43(37,38)39)16-7-3-14(4-8-16)12-19(31-21(33)18-2-1-11-30-18)22(34)32-20(23(35)36)13-15-5-9-17(10-6-15)25(28,29)44(40,41)42/h3-10,18-20,30H,1-2,11-13H2,(H,31,33)(H,32,34)(H,35,36)(H2,37,38,39)(H2,40,41,42)/t18-,19-,20-/m0/s1. The van der Waals surface area contributed by atoms with Crippen LogP contribution in [0.25, 0.3) is 0 Å². The summed E-state index contributed by atoms with van der Waals surface area (Å²) in [6, 6.07) is 3.24. The molecule has 1 fully saturated rings. The van der Waals surface area contributed by atoms with E-state index in [2.05, 4.69) is 16.0 Å². The molecule has 242 valence electrons. The van der Waals surface area contributed by atoms with Gasteiger partial charge in [-0.05, 0) is 30.5 Å². The first-order valence-electron chi connectivity index (χ1n) is 12.9. The third kappa shape index (κ3) is 8.30. The number of carboxylic acid groups (broad SMARTS) is 1. The SMILES string of the molecule is O=C(O)[C@H](Cc1ccc(C(F)(F)P(=O)(O)O)cc1)NC(=O)[C@H](Cc1ccc(C(F)(F)P(=O)(O)O)cc1)NC(=O)[C@@H]1CCCN1. The number of amides is 2. The van der Waals surface area contributed by atoms with Crippen LogP contribution in [0, 0.1) is 0 Å². The first-order chi connectivity index (χ1) is 20.2. The van der Waals surface area contributed by atoms with Gasteiger partial charge in [0, 0.05) is 24.0 Å². The van der Waals surface area contributed by atoms with Crippen molar-refractivity contribution in [3.05, 3.63) is 70.8 Å². The Morgan fingerprint density at radius 1 is 0.795 bits per heavy atom. The number of hydrogen-bond acceptors (Lipinski definition) is 6. The number of benzene rings is 2. The van der Waals surface area contributed by atoms with E-state index in [4.69, 9.17) is 19.6 Å². The summed E-state index contributed by atoms with van der Waals surface area (Å²) in [6.07, 6.45) is 0.315. The van der Waals surface area contributed by atoms with E-state index in [0.29, 0.717) is 31.5 Å². The minimum absolute atomic E-state index is 0.0975. The zero-order chi connectivity index (χ0) is 33.1. The Bertz CT molecular complexity index is 1460. The van der Waals surface area contributed by atoms with E-state index in [9.17, 15) is 46.2 Å². The van der Waals surface area contributed by atoms with Crippen molar-refractivity contribution in [2.45, 2.75) is 55.1 Å². The molecule has 0 aromatic heterocycles. The Morgan fingerprint density at radius 3 is 1.59 bits per heavy atom. The molecule has 2 aromatic rings. The largest absolute Gasteiger partial charge is 0.480 e. The molecule has 19 heteroatoms. The van der Waals surface area contributed by atoms with Crippen LogP contribution in [0.4, 0.5) is 17.6 Å². The van der Waals surface area contributed by atoms with Gasteiger partial charge in [-0.1, -0.05) is 48.5 Å². The van der Waals surface area contributed by atoms with Gasteiger partial charge >= 0.3 is 32.5 Å². The Kier molecular flexibility index (Phi) is 10.8. The van der Waals surface area contributed by atoms with Gasteiger partial charge in [0.25, 0.3) is 0 Å². The number of rotatable bonds is 13. The average Bonchev–Trinajstić information content (AvgIpc) is 3.47. The van der Waals surface area contributed by atoms with Gasteiger partial charge in [0.2, 0.25) is 11.8 Å². The molecule has 1 aliphatic heterocycles. The van der Waals surface area contributed by atoms with Crippen LogP contribution in [0.2, 0.25) is 0 Å². The molecule has 44 heavy (non-hydrogen) atoms. The molecule has 3 rings (SSSR count). The van der Waals surface area contributed by atoms with Crippen LogP contribution in [-0.2, 0) is 47.7 Å². The van der Waals surface area contributed by atoms with Crippen LogP contribution in [0.5, 0.6) is 0 Å². The lowest BCUT2D eigenvalue weighted by molar-refractivity contribution is -0.142. The van der Waals surface area contributed by atoms with Gasteiger partial charge in [0.15, 0.2) is 0 Å². The van der Waals surface area contributed by atoms with Crippen molar-refractivity contribution in [2.75, 3.05) is 6.54 Å². The highest BCUT2D eigenvalue weighted by Crippen LogP contribution is 2.60. The van der Waals surface area contributed by atoms with Crippen LogP contribution < -0.4 is 16.0 Å². The van der Waals surface area contributed by atoms with E-state index in [1.807, 2.05) is 0 Å². The number of carbonyl (C=O) groups excluding carboxylic acids is 2.